The average Bonchev–Trinajstić information content (AvgIpc) is 3.34. The first-order valence-electron chi connectivity index (χ1n) is 11.7. The molecule has 5 N–H and O–H groups in total. The lowest BCUT2D eigenvalue weighted by atomic mass is 9.98. The van der Waals surface area contributed by atoms with Gasteiger partial charge in [0, 0.05) is 22.2 Å². The van der Waals surface area contributed by atoms with Gasteiger partial charge in [-0.05, 0) is 63.9 Å². The molecule has 1 aromatic heterocycles. The predicted molar refractivity (Wildman–Crippen MR) is 127 cm³/mol. The smallest absolute Gasteiger partial charge is 0.349 e. The van der Waals surface area contributed by atoms with Gasteiger partial charge in [-0.1, -0.05) is 24.4 Å². The topological polar surface area (TPSA) is 91.1 Å². The fourth-order valence-electron chi connectivity index (χ4n) is 5.40. The lowest BCUT2D eigenvalue weighted by Gasteiger charge is -2.43. The number of nitrogens with one attached hydrogen (secondary N) is 3. The lowest BCUT2D eigenvalue weighted by Crippen LogP contribution is -2.60. The van der Waals surface area contributed by atoms with Crippen molar-refractivity contribution in [3.63, 3.8) is 0 Å². The first kappa shape index (κ1) is 23.4. The summed E-state index contributed by atoms with van der Waals surface area (Å²) < 4.78 is 40.8. The van der Waals surface area contributed by atoms with E-state index in [4.69, 9.17) is 22.3 Å². The Hall–Kier alpha value is -2.30. The number of fused-ring (bicyclic) bond motifs is 1. The standard InChI is InChI=1S/C23H29ClF3N7/c1-21(6-2-3-7-21)33-20-30-13-18-19(31-20)34(17-4-8-29-9-5-17)23(28,32-18)15-10-14(22(25,26)27)11-16(24)12-15/h10-13,17,29,32H,2-9,28H2,1H3,(H,30,31,33). The van der Waals surface area contributed by atoms with Crippen LogP contribution in [0.5, 0.6) is 0 Å². The van der Waals surface area contributed by atoms with Gasteiger partial charge >= 0.3 is 6.18 Å². The largest absolute Gasteiger partial charge is 0.416 e. The molecule has 1 saturated carbocycles. The van der Waals surface area contributed by atoms with E-state index in [0.29, 0.717) is 17.5 Å². The number of hydrogen-bond donors (Lipinski definition) is 4. The fourth-order valence-corrected chi connectivity index (χ4v) is 5.63. The molecule has 1 atom stereocenters. The predicted octanol–water partition coefficient (Wildman–Crippen LogP) is 4.65. The Morgan fingerprint density at radius 3 is 2.56 bits per heavy atom. The van der Waals surface area contributed by atoms with Crippen molar-refractivity contribution >= 4 is 29.1 Å². The summed E-state index contributed by atoms with van der Waals surface area (Å²) in [4.78, 5) is 11.2. The van der Waals surface area contributed by atoms with Crippen molar-refractivity contribution < 1.29 is 13.2 Å². The van der Waals surface area contributed by atoms with Gasteiger partial charge < -0.3 is 20.9 Å². The zero-order chi connectivity index (χ0) is 24.1. The van der Waals surface area contributed by atoms with Crippen LogP contribution in [0.1, 0.15) is 56.6 Å². The highest BCUT2D eigenvalue weighted by Crippen LogP contribution is 2.46. The summed E-state index contributed by atoms with van der Waals surface area (Å²) in [6.45, 7) is 3.73. The maximum atomic E-state index is 13.6. The maximum absolute atomic E-state index is 13.6. The van der Waals surface area contributed by atoms with Crippen LogP contribution in [-0.4, -0.2) is 34.6 Å². The molecule has 2 aromatic rings. The van der Waals surface area contributed by atoms with E-state index >= 15 is 0 Å². The number of aromatic nitrogens is 2. The number of alkyl halides is 3. The number of halogens is 4. The third-order valence-corrected chi connectivity index (χ3v) is 7.38. The number of hydrogen-bond acceptors (Lipinski definition) is 7. The van der Waals surface area contributed by atoms with Gasteiger partial charge in [0.2, 0.25) is 5.95 Å². The van der Waals surface area contributed by atoms with Crippen molar-refractivity contribution in [2.75, 3.05) is 28.6 Å². The van der Waals surface area contributed by atoms with Crippen LogP contribution in [0.2, 0.25) is 5.02 Å². The van der Waals surface area contributed by atoms with E-state index in [9.17, 15) is 13.2 Å². The van der Waals surface area contributed by atoms with E-state index in [2.05, 4.69) is 27.9 Å². The number of anilines is 3. The first-order chi connectivity index (χ1) is 16.1. The Labute approximate surface area is 201 Å². The minimum Gasteiger partial charge on any atom is -0.349 e. The molecule has 184 valence electrons. The van der Waals surface area contributed by atoms with Gasteiger partial charge in [-0.15, -0.1) is 0 Å². The van der Waals surface area contributed by atoms with E-state index in [1.165, 1.54) is 6.07 Å². The van der Waals surface area contributed by atoms with E-state index in [1.54, 1.807) is 6.20 Å². The van der Waals surface area contributed by atoms with Crippen molar-refractivity contribution in [3.8, 4) is 0 Å². The van der Waals surface area contributed by atoms with Crippen molar-refractivity contribution in [1.82, 2.24) is 15.3 Å². The molecular formula is C23H29ClF3N7. The van der Waals surface area contributed by atoms with Crippen molar-refractivity contribution in [1.29, 1.82) is 0 Å². The monoisotopic (exact) mass is 495 g/mol. The molecular weight excluding hydrogens is 467 g/mol. The molecule has 2 fully saturated rings. The second kappa shape index (κ2) is 8.42. The van der Waals surface area contributed by atoms with E-state index in [-0.39, 0.29) is 22.2 Å². The van der Waals surface area contributed by atoms with Crippen LogP contribution in [0.15, 0.2) is 24.4 Å². The second-order valence-electron chi connectivity index (χ2n) is 9.79. The van der Waals surface area contributed by atoms with Crippen LogP contribution in [0.3, 0.4) is 0 Å². The summed E-state index contributed by atoms with van der Waals surface area (Å²) in [5.41, 5.74) is 6.79. The van der Waals surface area contributed by atoms with E-state index < -0.39 is 17.5 Å². The van der Waals surface area contributed by atoms with Crippen LogP contribution in [0, 0.1) is 0 Å². The van der Waals surface area contributed by atoms with Gasteiger partial charge in [-0.2, -0.15) is 18.2 Å². The fraction of sp³-hybridized carbons (Fsp3) is 0.565. The highest BCUT2D eigenvalue weighted by atomic mass is 35.5. The van der Waals surface area contributed by atoms with Gasteiger partial charge in [-0.25, -0.2) is 4.98 Å². The number of piperidine rings is 1. The SMILES string of the molecule is CC1(Nc2ncc3c(n2)N(C2CCNCC2)C(N)(c2cc(Cl)cc(C(F)(F)F)c2)N3)CCCC1. The number of nitrogens with two attached hydrogens (primary N) is 1. The molecule has 0 amide bonds. The van der Waals surface area contributed by atoms with E-state index in [1.807, 2.05) is 4.90 Å². The number of nitrogens with zero attached hydrogens (tertiary/aromatic N) is 3. The van der Waals surface area contributed by atoms with Crippen LogP contribution >= 0.6 is 11.6 Å². The van der Waals surface area contributed by atoms with Gasteiger partial charge in [0.25, 0.3) is 0 Å². The lowest BCUT2D eigenvalue weighted by molar-refractivity contribution is -0.137. The molecule has 0 bridgehead atoms. The normalized spacial score (nSPS) is 24.7. The van der Waals surface area contributed by atoms with Crippen molar-refractivity contribution in [2.24, 2.45) is 5.73 Å². The van der Waals surface area contributed by atoms with Gasteiger partial charge in [0.15, 0.2) is 11.6 Å². The summed E-state index contributed by atoms with van der Waals surface area (Å²) in [5, 5.41) is 9.99. The summed E-state index contributed by atoms with van der Waals surface area (Å²) in [6.07, 6.45) is 3.03. The molecule has 3 heterocycles. The van der Waals surface area contributed by atoms with Crippen molar-refractivity contribution in [2.45, 2.75) is 69.0 Å². The minimum atomic E-state index is -4.55. The zero-order valence-corrected chi connectivity index (χ0v) is 19.7. The molecule has 0 radical (unpaired) electrons. The summed E-state index contributed by atoms with van der Waals surface area (Å²) in [5.74, 6) is -0.378. The Kier molecular flexibility index (Phi) is 5.81. The maximum Gasteiger partial charge on any atom is 0.416 e. The van der Waals surface area contributed by atoms with Gasteiger partial charge in [-0.3, -0.25) is 5.73 Å². The molecule has 3 aliphatic rings. The molecule has 1 saturated heterocycles. The summed E-state index contributed by atoms with van der Waals surface area (Å²) in [7, 11) is 0. The van der Waals surface area contributed by atoms with Crippen LogP contribution < -0.4 is 26.6 Å². The zero-order valence-electron chi connectivity index (χ0n) is 19.0. The third kappa shape index (κ3) is 4.27. The highest BCUT2D eigenvalue weighted by molar-refractivity contribution is 6.30. The Balaban J connectivity index is 1.57. The molecule has 1 aromatic carbocycles. The number of rotatable bonds is 4. The summed E-state index contributed by atoms with van der Waals surface area (Å²) in [6, 6.07) is 3.43. The second-order valence-corrected chi connectivity index (χ2v) is 10.2. The van der Waals surface area contributed by atoms with Crippen LogP contribution in [0.4, 0.5) is 30.6 Å². The molecule has 1 unspecified atom stereocenters. The number of benzene rings is 1. The van der Waals surface area contributed by atoms with Crippen molar-refractivity contribution in [3.05, 3.63) is 40.5 Å². The van der Waals surface area contributed by atoms with E-state index in [0.717, 1.165) is 63.7 Å². The average molecular weight is 496 g/mol. The van der Waals surface area contributed by atoms with Crippen LogP contribution in [-0.2, 0) is 12.0 Å². The van der Waals surface area contributed by atoms with Gasteiger partial charge in [0.05, 0.1) is 17.4 Å². The molecule has 0 spiro atoms. The quantitative estimate of drug-likeness (QED) is 0.491. The van der Waals surface area contributed by atoms with Gasteiger partial charge in [0.1, 0.15) is 0 Å². The molecule has 1 aliphatic carbocycles. The first-order valence-corrected chi connectivity index (χ1v) is 12.1. The highest BCUT2D eigenvalue weighted by Gasteiger charge is 2.48. The molecule has 5 rings (SSSR count). The minimum absolute atomic E-state index is 0.0275. The molecule has 7 nitrogen and oxygen atoms in total. The Morgan fingerprint density at radius 2 is 1.88 bits per heavy atom. The Bertz CT molecular complexity index is 1070. The molecule has 2 aliphatic heterocycles. The Morgan fingerprint density at radius 1 is 1.18 bits per heavy atom. The third-order valence-electron chi connectivity index (χ3n) is 7.16. The summed E-state index contributed by atoms with van der Waals surface area (Å²) >= 11 is 6.13. The molecule has 34 heavy (non-hydrogen) atoms. The van der Waals surface area contributed by atoms with Crippen LogP contribution in [0.25, 0.3) is 0 Å². The molecule has 11 heteroatoms.